The van der Waals surface area contributed by atoms with Crippen LogP contribution in [0, 0.1) is 0 Å². The van der Waals surface area contributed by atoms with Gasteiger partial charge in [-0.3, -0.25) is 5.01 Å². The average Bonchev–Trinajstić information content (AvgIpc) is 2.54. The van der Waals surface area contributed by atoms with E-state index in [0.29, 0.717) is 5.17 Å². The van der Waals surface area contributed by atoms with E-state index in [2.05, 4.69) is 17.2 Å². The van der Waals surface area contributed by atoms with E-state index in [1.165, 1.54) is 5.56 Å². The summed E-state index contributed by atoms with van der Waals surface area (Å²) in [6.45, 7) is 0. The molecule has 0 N–H and O–H groups in total. The second kappa shape index (κ2) is 6.55. The largest absolute Gasteiger partial charge is 0.301 e. The molecule has 0 radical (unpaired) electrons. The van der Waals surface area contributed by atoms with Gasteiger partial charge in [-0.05, 0) is 23.3 Å². The number of carbonyl (C=O) groups is 1. The standard InChI is InChI=1S/C17H15ClN2OS/c1-20-16(10-21)15-9-13(7-8-14(15)17(18)19-20)22-11-12-5-3-2-4-6-12/h2-10,16H,11H2,1H3. The summed E-state index contributed by atoms with van der Waals surface area (Å²) in [5.41, 5.74) is 3.02. The molecule has 0 saturated heterocycles. The van der Waals surface area contributed by atoms with Gasteiger partial charge in [-0.1, -0.05) is 48.0 Å². The number of hydrogen-bond donors (Lipinski definition) is 0. The zero-order valence-electron chi connectivity index (χ0n) is 12.1. The van der Waals surface area contributed by atoms with Crippen molar-refractivity contribution in [3.05, 3.63) is 65.2 Å². The first-order valence-corrected chi connectivity index (χ1v) is 8.28. The molecule has 112 valence electrons. The number of carbonyl (C=O) groups excluding carboxylic acids is 1. The Hall–Kier alpha value is -1.78. The van der Waals surface area contributed by atoms with Crippen LogP contribution < -0.4 is 0 Å². The van der Waals surface area contributed by atoms with Gasteiger partial charge in [-0.25, -0.2) is 0 Å². The van der Waals surface area contributed by atoms with Crippen LogP contribution in [0.3, 0.4) is 0 Å². The van der Waals surface area contributed by atoms with E-state index in [1.54, 1.807) is 23.8 Å². The maximum absolute atomic E-state index is 11.4. The summed E-state index contributed by atoms with van der Waals surface area (Å²) >= 11 is 7.92. The van der Waals surface area contributed by atoms with E-state index < -0.39 is 0 Å². The number of rotatable bonds is 4. The number of hydrogen-bond acceptors (Lipinski definition) is 4. The van der Waals surface area contributed by atoms with E-state index in [0.717, 1.165) is 28.1 Å². The van der Waals surface area contributed by atoms with Gasteiger partial charge >= 0.3 is 0 Å². The minimum absolute atomic E-state index is 0.380. The van der Waals surface area contributed by atoms with Crippen molar-refractivity contribution in [3.63, 3.8) is 0 Å². The van der Waals surface area contributed by atoms with Crippen LogP contribution >= 0.6 is 23.4 Å². The Morgan fingerprint density at radius 2 is 2.05 bits per heavy atom. The summed E-state index contributed by atoms with van der Waals surface area (Å²) in [5.74, 6) is 0.892. The van der Waals surface area contributed by atoms with Crippen LogP contribution in [-0.2, 0) is 10.5 Å². The van der Waals surface area contributed by atoms with Crippen LogP contribution in [0.4, 0.5) is 0 Å². The van der Waals surface area contributed by atoms with Gasteiger partial charge in [0.05, 0.1) is 0 Å². The molecule has 0 fully saturated rings. The fourth-order valence-electron chi connectivity index (χ4n) is 2.42. The SMILES string of the molecule is CN1N=C(Cl)c2ccc(SCc3ccccc3)cc2C1C=O. The molecule has 0 aliphatic carbocycles. The van der Waals surface area contributed by atoms with E-state index in [-0.39, 0.29) is 6.04 Å². The number of benzene rings is 2. The fraction of sp³-hybridized carbons (Fsp3) is 0.176. The van der Waals surface area contributed by atoms with E-state index in [4.69, 9.17) is 11.6 Å². The Morgan fingerprint density at radius 3 is 2.77 bits per heavy atom. The molecule has 0 spiro atoms. The Morgan fingerprint density at radius 1 is 1.27 bits per heavy atom. The zero-order valence-corrected chi connectivity index (χ0v) is 13.6. The molecule has 3 nitrogen and oxygen atoms in total. The molecule has 1 atom stereocenters. The van der Waals surface area contributed by atoms with Crippen LogP contribution in [0.15, 0.2) is 58.5 Å². The second-order valence-electron chi connectivity index (χ2n) is 5.07. The number of thioether (sulfide) groups is 1. The topological polar surface area (TPSA) is 32.7 Å². The van der Waals surface area contributed by atoms with Crippen molar-refractivity contribution in [2.75, 3.05) is 7.05 Å². The Kier molecular flexibility index (Phi) is 4.50. The molecule has 2 aromatic carbocycles. The summed E-state index contributed by atoms with van der Waals surface area (Å²) in [5, 5.41) is 6.20. The smallest absolute Gasteiger partial charge is 0.156 e. The number of nitrogens with zero attached hydrogens (tertiary/aromatic N) is 2. The number of aldehydes is 1. The van der Waals surface area contributed by atoms with Gasteiger partial charge in [0.25, 0.3) is 0 Å². The van der Waals surface area contributed by atoms with Gasteiger partial charge in [0.1, 0.15) is 12.3 Å². The van der Waals surface area contributed by atoms with E-state index in [9.17, 15) is 4.79 Å². The van der Waals surface area contributed by atoms with Crippen molar-refractivity contribution in [3.8, 4) is 0 Å². The van der Waals surface area contributed by atoms with Crippen molar-refractivity contribution in [1.29, 1.82) is 0 Å². The second-order valence-corrected chi connectivity index (χ2v) is 6.48. The Labute approximate surface area is 139 Å². The molecule has 1 aliphatic heterocycles. The summed E-state index contributed by atoms with van der Waals surface area (Å²) in [6, 6.07) is 15.9. The van der Waals surface area contributed by atoms with Crippen LogP contribution in [0.5, 0.6) is 0 Å². The molecule has 2 aromatic rings. The Bertz CT molecular complexity index is 718. The lowest BCUT2D eigenvalue weighted by atomic mass is 10.0. The van der Waals surface area contributed by atoms with Crippen LogP contribution in [-0.4, -0.2) is 23.5 Å². The normalized spacial score (nSPS) is 16.9. The molecular weight excluding hydrogens is 316 g/mol. The number of hydrazone groups is 1. The third kappa shape index (κ3) is 3.03. The minimum atomic E-state index is -0.380. The highest BCUT2D eigenvalue weighted by atomic mass is 35.5. The summed E-state index contributed by atoms with van der Waals surface area (Å²) < 4.78 is 0. The number of fused-ring (bicyclic) bond motifs is 1. The summed E-state index contributed by atoms with van der Waals surface area (Å²) in [7, 11) is 1.76. The molecule has 22 heavy (non-hydrogen) atoms. The maximum atomic E-state index is 11.4. The highest BCUT2D eigenvalue weighted by Crippen LogP contribution is 2.33. The number of likely N-dealkylation sites (N-methyl/N-ethyl adjacent to an activating group) is 1. The predicted molar refractivity (Wildman–Crippen MR) is 91.4 cm³/mol. The highest BCUT2D eigenvalue weighted by Gasteiger charge is 2.25. The first-order chi connectivity index (χ1) is 10.7. The van der Waals surface area contributed by atoms with E-state index >= 15 is 0 Å². The lowest BCUT2D eigenvalue weighted by Crippen LogP contribution is -2.27. The first-order valence-electron chi connectivity index (χ1n) is 6.92. The van der Waals surface area contributed by atoms with Crippen molar-refractivity contribution in [1.82, 2.24) is 5.01 Å². The average molecular weight is 331 g/mol. The number of halogens is 1. The lowest BCUT2D eigenvalue weighted by molar-refractivity contribution is -0.112. The van der Waals surface area contributed by atoms with Crippen molar-refractivity contribution in [2.45, 2.75) is 16.7 Å². The molecular formula is C17H15ClN2OS. The minimum Gasteiger partial charge on any atom is -0.301 e. The molecule has 5 heteroatoms. The molecule has 0 bridgehead atoms. The lowest BCUT2D eigenvalue weighted by Gasteiger charge is -2.28. The third-order valence-electron chi connectivity index (χ3n) is 3.59. The fourth-order valence-corrected chi connectivity index (χ4v) is 3.61. The van der Waals surface area contributed by atoms with Gasteiger partial charge < -0.3 is 4.79 Å². The monoisotopic (exact) mass is 330 g/mol. The van der Waals surface area contributed by atoms with Crippen LogP contribution in [0.25, 0.3) is 0 Å². The van der Waals surface area contributed by atoms with Gasteiger partial charge in [0.2, 0.25) is 0 Å². The van der Waals surface area contributed by atoms with Crippen molar-refractivity contribution in [2.24, 2.45) is 5.10 Å². The predicted octanol–water partition coefficient (Wildman–Crippen LogP) is 4.06. The van der Waals surface area contributed by atoms with Gasteiger partial charge in [-0.15, -0.1) is 11.8 Å². The molecule has 0 amide bonds. The molecule has 0 aromatic heterocycles. The van der Waals surface area contributed by atoms with Crippen LogP contribution in [0.2, 0.25) is 0 Å². The maximum Gasteiger partial charge on any atom is 0.156 e. The van der Waals surface area contributed by atoms with Gasteiger partial charge in [-0.2, -0.15) is 5.10 Å². The van der Waals surface area contributed by atoms with Gasteiger partial charge in [0.15, 0.2) is 5.17 Å². The quantitative estimate of drug-likeness (QED) is 0.626. The molecule has 3 rings (SSSR count). The highest BCUT2D eigenvalue weighted by molar-refractivity contribution is 7.98. The van der Waals surface area contributed by atoms with Crippen LogP contribution in [0.1, 0.15) is 22.7 Å². The van der Waals surface area contributed by atoms with E-state index in [1.807, 2.05) is 36.4 Å². The molecule has 1 heterocycles. The Balaban J connectivity index is 1.85. The zero-order chi connectivity index (χ0) is 15.5. The van der Waals surface area contributed by atoms with Crippen molar-refractivity contribution >= 4 is 34.8 Å². The first kappa shape index (κ1) is 15.1. The van der Waals surface area contributed by atoms with Crippen molar-refractivity contribution < 1.29 is 4.79 Å². The van der Waals surface area contributed by atoms with Gasteiger partial charge in [0, 0.05) is 23.3 Å². The summed E-state index contributed by atoms with van der Waals surface area (Å²) in [4.78, 5) is 12.5. The summed E-state index contributed by atoms with van der Waals surface area (Å²) in [6.07, 6.45) is 0.900. The molecule has 1 aliphatic rings. The molecule has 1 unspecified atom stereocenters. The third-order valence-corrected chi connectivity index (χ3v) is 4.93. The molecule has 0 saturated carbocycles.